The summed E-state index contributed by atoms with van der Waals surface area (Å²) in [6, 6.07) is 83.1. The lowest BCUT2D eigenvalue weighted by Gasteiger charge is -2.37. The van der Waals surface area contributed by atoms with Crippen LogP contribution in [0.2, 0.25) is 0 Å². The third kappa shape index (κ3) is 4.65. The van der Waals surface area contributed by atoms with Gasteiger partial charge in [-0.15, -0.1) is 0 Å². The first kappa shape index (κ1) is 32.7. The number of fused-ring (bicyclic) bond motifs is 9. The average molecular weight is 736 g/mol. The number of anilines is 3. The minimum atomic E-state index is -0.511. The second-order valence-corrected chi connectivity index (χ2v) is 15.6. The summed E-state index contributed by atoms with van der Waals surface area (Å²) in [6.07, 6.45) is 0. The molecule has 0 aromatic heterocycles. The van der Waals surface area contributed by atoms with Crippen molar-refractivity contribution in [1.29, 1.82) is 0 Å². The van der Waals surface area contributed by atoms with E-state index in [0.717, 1.165) is 5.69 Å². The van der Waals surface area contributed by atoms with E-state index in [-0.39, 0.29) is 0 Å². The number of benzene rings is 10. The summed E-state index contributed by atoms with van der Waals surface area (Å²) >= 11 is 0. The first-order valence-corrected chi connectivity index (χ1v) is 20.2. The van der Waals surface area contributed by atoms with E-state index < -0.39 is 5.41 Å². The van der Waals surface area contributed by atoms with Gasteiger partial charge in [-0.1, -0.05) is 188 Å². The van der Waals surface area contributed by atoms with E-state index in [1.807, 2.05) is 0 Å². The molecule has 0 bridgehead atoms. The predicted molar refractivity (Wildman–Crippen MR) is 243 cm³/mol. The van der Waals surface area contributed by atoms with Crippen molar-refractivity contribution in [3.05, 3.63) is 247 Å². The molecular weight excluding hydrogens is 699 g/mol. The Balaban J connectivity index is 1.19. The van der Waals surface area contributed by atoms with Crippen molar-refractivity contribution < 1.29 is 0 Å². The molecule has 0 fully saturated rings. The minimum absolute atomic E-state index is 0.511. The molecule has 1 nitrogen and oxygen atoms in total. The van der Waals surface area contributed by atoms with Gasteiger partial charge in [-0.25, -0.2) is 0 Å². The number of rotatable bonds is 6. The highest BCUT2D eigenvalue weighted by molar-refractivity contribution is 6.21. The predicted octanol–water partition coefficient (Wildman–Crippen LogP) is 15.1. The van der Waals surface area contributed by atoms with E-state index in [2.05, 4.69) is 229 Å². The van der Waals surface area contributed by atoms with Crippen molar-refractivity contribution in [2.45, 2.75) is 5.41 Å². The first-order chi connectivity index (χ1) is 28.8. The zero-order chi connectivity index (χ0) is 38.2. The van der Waals surface area contributed by atoms with Crippen LogP contribution >= 0.6 is 0 Å². The second-order valence-electron chi connectivity index (χ2n) is 15.6. The maximum Gasteiger partial charge on any atom is 0.0714 e. The molecule has 10 aromatic carbocycles. The van der Waals surface area contributed by atoms with E-state index in [9.17, 15) is 0 Å². The van der Waals surface area contributed by atoms with Crippen molar-refractivity contribution >= 4 is 38.6 Å². The molecule has 1 heteroatoms. The highest BCUT2D eigenvalue weighted by atomic mass is 15.2. The molecule has 0 atom stereocenters. The molecule has 270 valence electrons. The summed E-state index contributed by atoms with van der Waals surface area (Å²) in [5.41, 5.74) is 18.3. The largest absolute Gasteiger partial charge is 0.309 e. The molecule has 2 aliphatic carbocycles. The average Bonchev–Trinajstić information content (AvgIpc) is 3.61. The first-order valence-electron chi connectivity index (χ1n) is 20.2. The highest BCUT2D eigenvalue weighted by Gasteiger charge is 2.47. The zero-order valence-electron chi connectivity index (χ0n) is 31.8. The molecule has 0 aliphatic heterocycles. The lowest BCUT2D eigenvalue weighted by atomic mass is 9.67. The molecule has 0 N–H and O–H groups in total. The summed E-state index contributed by atoms with van der Waals surface area (Å²) in [4.78, 5) is 2.58. The van der Waals surface area contributed by atoms with Crippen LogP contribution in [-0.2, 0) is 5.41 Å². The molecule has 2 aliphatic rings. The quantitative estimate of drug-likeness (QED) is 0.164. The van der Waals surface area contributed by atoms with Gasteiger partial charge in [0.25, 0.3) is 0 Å². The van der Waals surface area contributed by atoms with E-state index in [1.165, 1.54) is 99.7 Å². The van der Waals surface area contributed by atoms with E-state index in [4.69, 9.17) is 0 Å². The van der Waals surface area contributed by atoms with Gasteiger partial charge in [0.2, 0.25) is 0 Å². The van der Waals surface area contributed by atoms with Crippen molar-refractivity contribution in [3.8, 4) is 44.5 Å². The Morgan fingerprint density at radius 3 is 1.57 bits per heavy atom. The minimum Gasteiger partial charge on any atom is -0.309 e. The van der Waals surface area contributed by atoms with Crippen LogP contribution < -0.4 is 4.90 Å². The number of hydrogen-bond acceptors (Lipinski definition) is 1. The Hall–Kier alpha value is -7.48. The smallest absolute Gasteiger partial charge is 0.0714 e. The Labute approximate surface area is 338 Å². The Kier molecular flexibility index (Phi) is 7.21. The third-order valence-corrected chi connectivity index (χ3v) is 12.6. The molecule has 0 spiro atoms. The van der Waals surface area contributed by atoms with Crippen LogP contribution in [0.15, 0.2) is 224 Å². The van der Waals surface area contributed by atoms with Gasteiger partial charge in [0.1, 0.15) is 0 Å². The van der Waals surface area contributed by atoms with Crippen molar-refractivity contribution in [2.24, 2.45) is 0 Å². The van der Waals surface area contributed by atoms with Crippen LogP contribution in [0.5, 0.6) is 0 Å². The molecule has 12 rings (SSSR count). The van der Waals surface area contributed by atoms with Crippen LogP contribution in [-0.4, -0.2) is 0 Å². The zero-order valence-corrected chi connectivity index (χ0v) is 31.8. The monoisotopic (exact) mass is 735 g/mol. The topological polar surface area (TPSA) is 3.24 Å². The molecule has 0 radical (unpaired) electrons. The van der Waals surface area contributed by atoms with Crippen molar-refractivity contribution in [2.75, 3.05) is 4.90 Å². The fraction of sp³-hybridized carbons (Fsp3) is 0.0175. The second kappa shape index (κ2) is 12.8. The maximum absolute atomic E-state index is 2.58. The van der Waals surface area contributed by atoms with Crippen LogP contribution in [0.25, 0.3) is 66.1 Å². The van der Waals surface area contributed by atoms with Crippen molar-refractivity contribution in [3.63, 3.8) is 0 Å². The van der Waals surface area contributed by atoms with Gasteiger partial charge in [0.05, 0.1) is 16.8 Å². The lowest BCUT2D eigenvalue weighted by molar-refractivity contribution is 0.768. The molecule has 0 heterocycles. The van der Waals surface area contributed by atoms with Gasteiger partial charge in [0.15, 0.2) is 0 Å². The molecule has 0 saturated heterocycles. The number of hydrogen-bond donors (Lipinski definition) is 0. The van der Waals surface area contributed by atoms with Gasteiger partial charge in [-0.05, 0) is 108 Å². The molecule has 0 amide bonds. The third-order valence-electron chi connectivity index (χ3n) is 12.6. The summed E-state index contributed by atoms with van der Waals surface area (Å²) < 4.78 is 0. The lowest BCUT2D eigenvalue weighted by Crippen LogP contribution is -2.28. The van der Waals surface area contributed by atoms with E-state index in [1.54, 1.807) is 0 Å². The van der Waals surface area contributed by atoms with Crippen molar-refractivity contribution in [1.82, 2.24) is 0 Å². The van der Waals surface area contributed by atoms with Gasteiger partial charge in [-0.3, -0.25) is 0 Å². The fourth-order valence-corrected chi connectivity index (χ4v) is 10.1. The summed E-state index contributed by atoms with van der Waals surface area (Å²) in [7, 11) is 0. The molecule has 10 aromatic rings. The van der Waals surface area contributed by atoms with Gasteiger partial charge < -0.3 is 4.90 Å². The standard InChI is InChI=1S/C57H37N/c1-4-17-38(18-5-1)39-31-33-45(34-32-39)58(56-46-26-13-12-21-42(46)37-50-48-35-40-19-10-11-20-41(40)36-49(48)54(50)56)53-30-16-29-52-55(53)47-27-14-15-28-51(47)57(52,43-22-6-2-7-23-43)44-24-8-3-9-25-44/h1-37H. The number of nitrogens with zero attached hydrogens (tertiary/aromatic N) is 1. The normalized spacial score (nSPS) is 13.0. The highest BCUT2D eigenvalue weighted by Crippen LogP contribution is 2.62. The Morgan fingerprint density at radius 1 is 0.328 bits per heavy atom. The Bertz CT molecular complexity index is 3160. The van der Waals surface area contributed by atoms with E-state index in [0.29, 0.717) is 0 Å². The van der Waals surface area contributed by atoms with Gasteiger partial charge in [0, 0.05) is 22.2 Å². The van der Waals surface area contributed by atoms with Crippen LogP contribution in [0.1, 0.15) is 22.3 Å². The summed E-state index contributed by atoms with van der Waals surface area (Å²) in [5.74, 6) is 0. The molecule has 0 saturated carbocycles. The maximum atomic E-state index is 2.58. The van der Waals surface area contributed by atoms with Crippen LogP contribution in [0, 0.1) is 0 Å². The van der Waals surface area contributed by atoms with Crippen LogP contribution in [0.4, 0.5) is 17.1 Å². The fourth-order valence-electron chi connectivity index (χ4n) is 10.1. The molecule has 0 unspecified atom stereocenters. The van der Waals surface area contributed by atoms with E-state index >= 15 is 0 Å². The van der Waals surface area contributed by atoms with Gasteiger partial charge >= 0.3 is 0 Å². The SMILES string of the molecule is c1ccc(-c2ccc(N(c3cccc4c3-c3ccccc3C4(c3ccccc3)c3ccccc3)c3c4c(cc5ccccc35)-c3cc5ccccc5cc3-4)cc2)cc1. The van der Waals surface area contributed by atoms with Crippen LogP contribution in [0.3, 0.4) is 0 Å². The summed E-state index contributed by atoms with van der Waals surface area (Å²) in [6.45, 7) is 0. The Morgan fingerprint density at radius 2 is 0.862 bits per heavy atom. The molecule has 58 heavy (non-hydrogen) atoms. The molecular formula is C57H37N. The van der Waals surface area contributed by atoms with Gasteiger partial charge in [-0.2, -0.15) is 0 Å². The summed E-state index contributed by atoms with van der Waals surface area (Å²) in [5, 5.41) is 4.99.